The van der Waals surface area contributed by atoms with Gasteiger partial charge < -0.3 is 5.73 Å². The largest absolute Gasteiger partial charge is 0.327 e. The topological polar surface area (TPSA) is 26.0 Å². The predicted octanol–water partition coefficient (Wildman–Crippen LogP) is 4.28. The van der Waals surface area contributed by atoms with Crippen LogP contribution in [0.5, 0.6) is 0 Å². The summed E-state index contributed by atoms with van der Waals surface area (Å²) in [4.78, 5) is 0. The molecule has 2 N–H and O–H groups in total. The lowest BCUT2D eigenvalue weighted by atomic mass is 9.80. The highest BCUT2D eigenvalue weighted by Crippen LogP contribution is 2.37. The maximum atomic E-state index is 13.7. The smallest absolute Gasteiger partial charge is 0.248 e. The zero-order valence-corrected chi connectivity index (χ0v) is 12.1. The lowest BCUT2D eigenvalue weighted by Gasteiger charge is -2.32. The summed E-state index contributed by atoms with van der Waals surface area (Å²) in [7, 11) is 0. The Morgan fingerprint density at radius 3 is 2.53 bits per heavy atom. The van der Waals surface area contributed by atoms with Gasteiger partial charge in [-0.3, -0.25) is 0 Å². The van der Waals surface area contributed by atoms with Crippen molar-refractivity contribution in [2.75, 3.05) is 0 Å². The van der Waals surface area contributed by atoms with Crippen LogP contribution in [0.2, 0.25) is 0 Å². The van der Waals surface area contributed by atoms with Crippen molar-refractivity contribution in [3.8, 4) is 0 Å². The van der Waals surface area contributed by atoms with Gasteiger partial charge in [-0.25, -0.2) is 13.2 Å². The Labute approximate surface area is 119 Å². The van der Waals surface area contributed by atoms with Gasteiger partial charge >= 0.3 is 0 Å². The first-order valence-corrected chi connectivity index (χ1v) is 7.24. The first-order chi connectivity index (χ1) is 8.87. The van der Waals surface area contributed by atoms with E-state index in [9.17, 15) is 13.2 Å². The maximum absolute atomic E-state index is 13.7. The van der Waals surface area contributed by atoms with E-state index in [2.05, 4.69) is 15.9 Å². The van der Waals surface area contributed by atoms with Crippen LogP contribution < -0.4 is 5.73 Å². The van der Waals surface area contributed by atoms with E-state index >= 15 is 0 Å². The highest BCUT2D eigenvalue weighted by Gasteiger charge is 2.36. The van der Waals surface area contributed by atoms with Gasteiger partial charge in [0.05, 0.1) is 0 Å². The Bertz CT molecular complexity index is 440. The van der Waals surface area contributed by atoms with Crippen molar-refractivity contribution in [2.45, 2.75) is 44.1 Å². The van der Waals surface area contributed by atoms with Crippen LogP contribution in [0.1, 0.15) is 31.2 Å². The van der Waals surface area contributed by atoms with Gasteiger partial charge in [-0.1, -0.05) is 22.0 Å². The number of alkyl halides is 2. The van der Waals surface area contributed by atoms with Crippen LogP contribution in [0.4, 0.5) is 13.2 Å². The van der Waals surface area contributed by atoms with Gasteiger partial charge in [-0.2, -0.15) is 0 Å². The molecule has 106 valence electrons. The summed E-state index contributed by atoms with van der Waals surface area (Å²) in [5, 5.41) is 0. The van der Waals surface area contributed by atoms with Gasteiger partial charge in [0.25, 0.3) is 0 Å². The monoisotopic (exact) mass is 335 g/mol. The fourth-order valence-corrected chi connectivity index (χ4v) is 2.93. The van der Waals surface area contributed by atoms with Crippen molar-refractivity contribution in [1.29, 1.82) is 0 Å². The summed E-state index contributed by atoms with van der Waals surface area (Å²) in [5.74, 6) is -2.78. The predicted molar refractivity (Wildman–Crippen MR) is 72.7 cm³/mol. The first-order valence-electron chi connectivity index (χ1n) is 6.45. The second-order valence-corrected chi connectivity index (χ2v) is 6.21. The quantitative estimate of drug-likeness (QED) is 0.876. The summed E-state index contributed by atoms with van der Waals surface area (Å²) in [6.07, 6.45) is 1.04. The molecule has 2 rings (SSSR count). The standard InChI is InChI=1S/C14H17BrF3N/c15-11-2-1-10(12(16)8-11)7-13(19)9-3-5-14(17,18)6-4-9/h1-2,8-9,13H,3-7,19H2. The number of rotatable bonds is 3. The molecule has 0 heterocycles. The highest BCUT2D eigenvalue weighted by atomic mass is 79.9. The Balaban J connectivity index is 1.96. The third-order valence-corrected chi connectivity index (χ3v) is 4.33. The van der Waals surface area contributed by atoms with Crippen molar-refractivity contribution < 1.29 is 13.2 Å². The number of halogens is 4. The number of benzene rings is 1. The summed E-state index contributed by atoms with van der Waals surface area (Å²) in [5.41, 5.74) is 6.60. The molecule has 0 aromatic heterocycles. The van der Waals surface area contributed by atoms with Gasteiger partial charge in [0.2, 0.25) is 5.92 Å². The summed E-state index contributed by atoms with van der Waals surface area (Å²) in [6.45, 7) is 0. The van der Waals surface area contributed by atoms with Crippen LogP contribution in [-0.2, 0) is 6.42 Å². The second-order valence-electron chi connectivity index (χ2n) is 5.30. The molecule has 19 heavy (non-hydrogen) atoms. The molecule has 5 heteroatoms. The van der Waals surface area contributed by atoms with Crippen molar-refractivity contribution >= 4 is 15.9 Å². The van der Waals surface area contributed by atoms with E-state index < -0.39 is 5.92 Å². The molecule has 1 aliphatic rings. The number of hydrogen-bond acceptors (Lipinski definition) is 1. The van der Waals surface area contributed by atoms with E-state index in [4.69, 9.17) is 5.73 Å². The Morgan fingerprint density at radius 2 is 1.95 bits per heavy atom. The summed E-state index contributed by atoms with van der Waals surface area (Å²) < 4.78 is 40.5. The van der Waals surface area contributed by atoms with E-state index in [1.54, 1.807) is 12.1 Å². The zero-order chi connectivity index (χ0) is 14.0. The molecule has 0 bridgehead atoms. The first kappa shape index (κ1) is 14.9. The van der Waals surface area contributed by atoms with Crippen LogP contribution in [0.15, 0.2) is 22.7 Å². The van der Waals surface area contributed by atoms with Gasteiger partial charge in [0.15, 0.2) is 0 Å². The molecule has 1 fully saturated rings. The molecule has 1 unspecified atom stereocenters. The van der Waals surface area contributed by atoms with Gasteiger partial charge in [-0.05, 0) is 42.9 Å². The molecule has 1 atom stereocenters. The Kier molecular flexibility index (Phi) is 4.56. The van der Waals surface area contributed by atoms with Crippen LogP contribution in [-0.4, -0.2) is 12.0 Å². The molecule has 0 spiro atoms. The van der Waals surface area contributed by atoms with Crippen molar-refractivity contribution in [2.24, 2.45) is 11.7 Å². The van der Waals surface area contributed by atoms with Crippen molar-refractivity contribution in [3.05, 3.63) is 34.1 Å². The minimum absolute atomic E-state index is 0.0580. The normalized spacial score (nSPS) is 21.3. The molecule has 0 aliphatic heterocycles. The molecule has 1 saturated carbocycles. The third-order valence-electron chi connectivity index (χ3n) is 3.84. The SMILES string of the molecule is NC(Cc1ccc(Br)cc1F)C1CCC(F)(F)CC1. The average molecular weight is 336 g/mol. The van der Waals surface area contributed by atoms with Crippen molar-refractivity contribution in [3.63, 3.8) is 0 Å². The van der Waals surface area contributed by atoms with Crippen molar-refractivity contribution in [1.82, 2.24) is 0 Å². The third kappa shape index (κ3) is 3.96. The fraction of sp³-hybridized carbons (Fsp3) is 0.571. The van der Waals surface area contributed by atoms with E-state index in [0.717, 1.165) is 0 Å². The van der Waals surface area contributed by atoms with Crippen LogP contribution >= 0.6 is 15.9 Å². The summed E-state index contributed by atoms with van der Waals surface area (Å²) in [6, 6.07) is 4.60. The molecule has 0 amide bonds. The second kappa shape index (κ2) is 5.83. The molecule has 0 radical (unpaired) electrons. The van der Waals surface area contributed by atoms with E-state index in [1.807, 2.05) is 0 Å². The zero-order valence-electron chi connectivity index (χ0n) is 10.5. The fourth-order valence-electron chi connectivity index (χ4n) is 2.60. The molecule has 1 aromatic rings. The van der Waals surface area contributed by atoms with E-state index in [1.165, 1.54) is 6.07 Å². The van der Waals surface area contributed by atoms with E-state index in [0.29, 0.717) is 29.3 Å². The molecular weight excluding hydrogens is 319 g/mol. The lowest BCUT2D eigenvalue weighted by Crippen LogP contribution is -2.37. The van der Waals surface area contributed by atoms with Gasteiger partial charge in [0, 0.05) is 23.4 Å². The minimum Gasteiger partial charge on any atom is -0.327 e. The molecular formula is C14H17BrF3N. The Morgan fingerprint density at radius 1 is 1.32 bits per heavy atom. The van der Waals surface area contributed by atoms with Gasteiger partial charge in [0.1, 0.15) is 5.82 Å². The summed E-state index contributed by atoms with van der Waals surface area (Å²) >= 11 is 3.20. The van der Waals surface area contributed by atoms with Gasteiger partial charge in [-0.15, -0.1) is 0 Å². The van der Waals surface area contributed by atoms with Crippen LogP contribution in [0.3, 0.4) is 0 Å². The molecule has 1 aliphatic carbocycles. The minimum atomic E-state index is -2.54. The lowest BCUT2D eigenvalue weighted by molar-refractivity contribution is -0.0481. The number of nitrogens with two attached hydrogens (primary N) is 1. The molecule has 0 saturated heterocycles. The van der Waals surface area contributed by atoms with Crippen LogP contribution in [0.25, 0.3) is 0 Å². The molecule has 1 nitrogen and oxygen atoms in total. The maximum Gasteiger partial charge on any atom is 0.248 e. The number of hydrogen-bond donors (Lipinski definition) is 1. The van der Waals surface area contributed by atoms with Crippen LogP contribution in [0, 0.1) is 11.7 Å². The van der Waals surface area contributed by atoms with E-state index in [-0.39, 0.29) is 30.6 Å². The average Bonchev–Trinajstić information content (AvgIpc) is 2.32. The highest BCUT2D eigenvalue weighted by molar-refractivity contribution is 9.10. The Hall–Kier alpha value is -0.550. The molecule has 1 aromatic carbocycles.